The van der Waals surface area contributed by atoms with E-state index in [0.29, 0.717) is 19.8 Å². The molecule has 1 aromatic rings. The fourth-order valence-electron chi connectivity index (χ4n) is 2.08. The third-order valence-electron chi connectivity index (χ3n) is 3.11. The average Bonchev–Trinajstić information content (AvgIpc) is 2.88. The highest BCUT2D eigenvalue weighted by atomic mass is 16.5. The van der Waals surface area contributed by atoms with E-state index in [1.807, 2.05) is 6.07 Å². The van der Waals surface area contributed by atoms with Gasteiger partial charge in [-0.3, -0.25) is 0 Å². The van der Waals surface area contributed by atoms with E-state index in [9.17, 15) is 5.11 Å². The first-order valence-corrected chi connectivity index (χ1v) is 5.88. The molecule has 1 saturated heterocycles. The lowest BCUT2D eigenvalue weighted by Crippen LogP contribution is -2.40. The zero-order valence-corrected chi connectivity index (χ0v) is 9.78. The predicted octanol–water partition coefficient (Wildman–Crippen LogP) is 0.749. The molecule has 1 unspecified atom stereocenters. The standard InChI is InChI=1S/C12H20N2O2/c1-2-14-6-3-4-11(14)8-13-9-12(15)5-7-16-10-12/h3-4,6,13,15H,2,5,7-10H2,1H3. The van der Waals surface area contributed by atoms with E-state index in [1.165, 1.54) is 5.69 Å². The van der Waals surface area contributed by atoms with Gasteiger partial charge in [0.25, 0.3) is 0 Å². The fraction of sp³-hybridized carbons (Fsp3) is 0.667. The molecule has 2 heterocycles. The molecule has 1 aromatic heterocycles. The number of aromatic nitrogens is 1. The second-order valence-corrected chi connectivity index (χ2v) is 4.42. The summed E-state index contributed by atoms with van der Waals surface area (Å²) in [4.78, 5) is 0. The van der Waals surface area contributed by atoms with Gasteiger partial charge in [-0.2, -0.15) is 0 Å². The van der Waals surface area contributed by atoms with Crippen molar-refractivity contribution in [1.82, 2.24) is 9.88 Å². The maximum Gasteiger partial charge on any atom is 0.103 e. The van der Waals surface area contributed by atoms with Gasteiger partial charge in [-0.15, -0.1) is 0 Å². The predicted molar refractivity (Wildman–Crippen MR) is 62.2 cm³/mol. The highest BCUT2D eigenvalue weighted by molar-refractivity contribution is 5.06. The molecule has 0 radical (unpaired) electrons. The number of aryl methyl sites for hydroxylation is 1. The van der Waals surface area contributed by atoms with E-state index in [-0.39, 0.29) is 0 Å². The minimum absolute atomic E-state index is 0.453. The van der Waals surface area contributed by atoms with E-state index in [1.54, 1.807) is 0 Å². The molecule has 4 heteroatoms. The Labute approximate surface area is 96.2 Å². The third-order valence-corrected chi connectivity index (χ3v) is 3.11. The van der Waals surface area contributed by atoms with Crippen molar-refractivity contribution in [2.75, 3.05) is 19.8 Å². The van der Waals surface area contributed by atoms with E-state index in [0.717, 1.165) is 19.5 Å². The van der Waals surface area contributed by atoms with Crippen molar-refractivity contribution >= 4 is 0 Å². The Morgan fingerprint density at radius 1 is 1.62 bits per heavy atom. The molecule has 0 aromatic carbocycles. The van der Waals surface area contributed by atoms with E-state index >= 15 is 0 Å². The van der Waals surface area contributed by atoms with Crippen molar-refractivity contribution in [3.63, 3.8) is 0 Å². The average molecular weight is 224 g/mol. The molecule has 90 valence electrons. The monoisotopic (exact) mass is 224 g/mol. The molecular weight excluding hydrogens is 204 g/mol. The summed E-state index contributed by atoms with van der Waals surface area (Å²) in [6, 6.07) is 4.15. The quantitative estimate of drug-likeness (QED) is 0.776. The fourth-order valence-corrected chi connectivity index (χ4v) is 2.08. The number of rotatable bonds is 5. The maximum atomic E-state index is 10.1. The van der Waals surface area contributed by atoms with Gasteiger partial charge >= 0.3 is 0 Å². The van der Waals surface area contributed by atoms with Gasteiger partial charge in [0.2, 0.25) is 0 Å². The number of aliphatic hydroxyl groups is 1. The van der Waals surface area contributed by atoms with Crippen molar-refractivity contribution < 1.29 is 9.84 Å². The molecule has 0 bridgehead atoms. The second kappa shape index (κ2) is 4.99. The summed E-state index contributed by atoms with van der Waals surface area (Å²) in [5, 5.41) is 13.3. The molecular formula is C12H20N2O2. The molecule has 4 nitrogen and oxygen atoms in total. The van der Waals surface area contributed by atoms with Crippen LogP contribution in [0.25, 0.3) is 0 Å². The van der Waals surface area contributed by atoms with Crippen LogP contribution in [0.4, 0.5) is 0 Å². The van der Waals surface area contributed by atoms with Crippen molar-refractivity contribution in [3.8, 4) is 0 Å². The Morgan fingerprint density at radius 2 is 2.50 bits per heavy atom. The number of hydrogen-bond acceptors (Lipinski definition) is 3. The van der Waals surface area contributed by atoms with Crippen LogP contribution in [0, 0.1) is 0 Å². The second-order valence-electron chi connectivity index (χ2n) is 4.42. The molecule has 1 fully saturated rings. The Hall–Kier alpha value is -0.840. The van der Waals surface area contributed by atoms with Crippen LogP contribution < -0.4 is 5.32 Å². The van der Waals surface area contributed by atoms with Crippen LogP contribution in [-0.4, -0.2) is 35.0 Å². The van der Waals surface area contributed by atoms with E-state index < -0.39 is 5.60 Å². The summed E-state index contributed by atoms with van der Waals surface area (Å²) >= 11 is 0. The maximum absolute atomic E-state index is 10.1. The Balaban J connectivity index is 1.79. The number of ether oxygens (including phenoxy) is 1. The Kier molecular flexibility index (Phi) is 3.63. The lowest BCUT2D eigenvalue weighted by Gasteiger charge is -2.20. The molecule has 1 aliphatic rings. The normalized spacial score (nSPS) is 25.1. The minimum atomic E-state index is -0.663. The summed E-state index contributed by atoms with van der Waals surface area (Å²) in [7, 11) is 0. The third kappa shape index (κ3) is 2.64. The highest BCUT2D eigenvalue weighted by Gasteiger charge is 2.31. The molecule has 16 heavy (non-hydrogen) atoms. The zero-order valence-electron chi connectivity index (χ0n) is 9.78. The summed E-state index contributed by atoms with van der Waals surface area (Å²) in [6.45, 7) is 5.63. The first-order valence-electron chi connectivity index (χ1n) is 5.88. The number of hydrogen-bond donors (Lipinski definition) is 2. The minimum Gasteiger partial charge on any atom is -0.386 e. The topological polar surface area (TPSA) is 46.4 Å². The first-order chi connectivity index (χ1) is 7.73. The van der Waals surface area contributed by atoms with Gasteiger partial charge in [-0.25, -0.2) is 0 Å². The smallest absolute Gasteiger partial charge is 0.103 e. The summed E-state index contributed by atoms with van der Waals surface area (Å²) in [6.07, 6.45) is 2.80. The van der Waals surface area contributed by atoms with Gasteiger partial charge in [-0.05, 0) is 19.1 Å². The molecule has 0 saturated carbocycles. The lowest BCUT2D eigenvalue weighted by atomic mass is 10.0. The molecule has 0 spiro atoms. The van der Waals surface area contributed by atoms with Gasteiger partial charge in [0.05, 0.1) is 6.61 Å². The van der Waals surface area contributed by atoms with E-state index in [2.05, 4.69) is 29.1 Å². The molecule has 2 rings (SSSR count). The molecule has 1 atom stereocenters. The Bertz CT molecular complexity index is 330. The molecule has 0 amide bonds. The van der Waals surface area contributed by atoms with Gasteiger partial charge in [0.15, 0.2) is 0 Å². The molecule has 0 aliphatic carbocycles. The van der Waals surface area contributed by atoms with Gasteiger partial charge < -0.3 is 19.7 Å². The van der Waals surface area contributed by atoms with Crippen LogP contribution >= 0.6 is 0 Å². The van der Waals surface area contributed by atoms with Crippen molar-refractivity contribution in [1.29, 1.82) is 0 Å². The van der Waals surface area contributed by atoms with Crippen LogP contribution in [-0.2, 0) is 17.8 Å². The SMILES string of the molecule is CCn1cccc1CNCC1(O)CCOC1. The van der Waals surface area contributed by atoms with Crippen molar-refractivity contribution in [2.45, 2.75) is 32.0 Å². The van der Waals surface area contributed by atoms with Crippen LogP contribution in [0.5, 0.6) is 0 Å². The summed E-state index contributed by atoms with van der Waals surface area (Å²) < 4.78 is 7.39. The number of nitrogens with zero attached hydrogens (tertiary/aromatic N) is 1. The zero-order chi connectivity index (χ0) is 11.4. The molecule has 2 N–H and O–H groups in total. The number of nitrogens with one attached hydrogen (secondary N) is 1. The van der Waals surface area contributed by atoms with Gasteiger partial charge in [0, 0.05) is 44.6 Å². The summed E-state index contributed by atoms with van der Waals surface area (Å²) in [5.41, 5.74) is 0.592. The first kappa shape index (κ1) is 11.6. The van der Waals surface area contributed by atoms with E-state index in [4.69, 9.17) is 4.74 Å². The van der Waals surface area contributed by atoms with Crippen molar-refractivity contribution in [2.24, 2.45) is 0 Å². The molecule has 1 aliphatic heterocycles. The van der Waals surface area contributed by atoms with Crippen LogP contribution in [0.2, 0.25) is 0 Å². The van der Waals surface area contributed by atoms with Crippen molar-refractivity contribution in [3.05, 3.63) is 24.0 Å². The van der Waals surface area contributed by atoms with Crippen LogP contribution in [0.15, 0.2) is 18.3 Å². The Morgan fingerprint density at radius 3 is 3.19 bits per heavy atom. The van der Waals surface area contributed by atoms with Crippen LogP contribution in [0.3, 0.4) is 0 Å². The largest absolute Gasteiger partial charge is 0.386 e. The summed E-state index contributed by atoms with van der Waals surface area (Å²) in [5.74, 6) is 0. The van der Waals surface area contributed by atoms with Gasteiger partial charge in [0.1, 0.15) is 5.60 Å². The van der Waals surface area contributed by atoms with Gasteiger partial charge in [-0.1, -0.05) is 0 Å². The lowest BCUT2D eigenvalue weighted by molar-refractivity contribution is 0.0267. The highest BCUT2D eigenvalue weighted by Crippen LogP contribution is 2.17. The van der Waals surface area contributed by atoms with Crippen LogP contribution in [0.1, 0.15) is 19.0 Å².